The lowest BCUT2D eigenvalue weighted by molar-refractivity contribution is 0.297. The molecule has 0 saturated carbocycles. The van der Waals surface area contributed by atoms with Crippen LogP contribution in [0.1, 0.15) is 49.6 Å². The summed E-state index contributed by atoms with van der Waals surface area (Å²) in [4.78, 5) is 6.22. The summed E-state index contributed by atoms with van der Waals surface area (Å²) in [6.07, 6.45) is 2.14. The van der Waals surface area contributed by atoms with Gasteiger partial charge in [-0.15, -0.1) is 11.8 Å². The maximum absolute atomic E-state index is 6.70. The fourth-order valence-electron chi connectivity index (χ4n) is 3.81. The zero-order chi connectivity index (χ0) is 23.3. The minimum atomic E-state index is 0.00422. The van der Waals surface area contributed by atoms with Gasteiger partial charge in [-0.2, -0.15) is 0 Å². The number of rotatable bonds is 4. The Labute approximate surface area is 201 Å². The van der Waals surface area contributed by atoms with Crippen LogP contribution in [-0.2, 0) is 18.4 Å². The van der Waals surface area contributed by atoms with E-state index in [0.29, 0.717) is 6.61 Å². The average Bonchev–Trinajstić information content (AvgIpc) is 2.80. The van der Waals surface area contributed by atoms with Crippen LogP contribution in [0.4, 0.5) is 0 Å². The van der Waals surface area contributed by atoms with Gasteiger partial charge >= 0.3 is 0 Å². The maximum atomic E-state index is 6.70. The van der Waals surface area contributed by atoms with Gasteiger partial charge in [-0.1, -0.05) is 68.8 Å². The zero-order valence-corrected chi connectivity index (χ0v) is 21.2. The highest BCUT2D eigenvalue weighted by Gasteiger charge is 2.22. The first kappa shape index (κ1) is 24.6. The highest BCUT2D eigenvalue weighted by molar-refractivity contribution is 7.99. The van der Waals surface area contributed by atoms with Crippen LogP contribution in [0, 0.1) is 6.92 Å². The smallest absolute Gasteiger partial charge is 0.137 e. The summed E-state index contributed by atoms with van der Waals surface area (Å²) < 4.78 is 6.31. The van der Waals surface area contributed by atoms with E-state index in [1.54, 1.807) is 0 Å². The first-order valence-electron chi connectivity index (χ1n) is 11.0. The topological polar surface area (TPSA) is 48.1 Å². The number of fused-ring (bicyclic) bond motifs is 1. The summed E-state index contributed by atoms with van der Waals surface area (Å²) >= 11 is 8.55. The fraction of sp³-hybridized carbons (Fsp3) is 0.370. The number of aromatic nitrogens is 1. The van der Waals surface area contributed by atoms with Crippen LogP contribution >= 0.6 is 23.4 Å². The standard InChI is InChI=1S/C26H28ClNOS.CH5N/c1-17-13-20(26(2,3)4)21(27)14-19(17)23-15-24(25-22(28-23)11-8-12-30-25)29-16-18-9-6-5-7-10-18;1-2/h5-7,9-10,13-15H,8,11-12,16H2,1-4H3;2H2,1H3. The van der Waals surface area contributed by atoms with Crippen LogP contribution < -0.4 is 10.5 Å². The zero-order valence-electron chi connectivity index (χ0n) is 19.7. The van der Waals surface area contributed by atoms with Crippen molar-refractivity contribution in [2.75, 3.05) is 12.8 Å². The molecule has 0 radical (unpaired) electrons. The Morgan fingerprint density at radius 3 is 2.50 bits per heavy atom. The average molecular weight is 469 g/mol. The SMILES string of the molecule is CN.Cc1cc(C(C)(C)C)c(Cl)cc1-c1cc(OCc2ccccc2)c2c(n1)CCCS2. The largest absolute Gasteiger partial charge is 0.488 e. The Kier molecular flexibility index (Phi) is 8.26. The lowest BCUT2D eigenvalue weighted by Crippen LogP contribution is -2.12. The molecule has 0 aliphatic carbocycles. The van der Waals surface area contributed by atoms with E-state index in [0.717, 1.165) is 46.3 Å². The van der Waals surface area contributed by atoms with Crippen LogP contribution in [0.15, 0.2) is 53.4 Å². The van der Waals surface area contributed by atoms with Gasteiger partial charge in [0.1, 0.15) is 12.4 Å². The molecule has 0 atom stereocenters. The fourth-order valence-corrected chi connectivity index (χ4v) is 5.33. The molecule has 3 nitrogen and oxygen atoms in total. The molecule has 0 spiro atoms. The summed E-state index contributed by atoms with van der Waals surface area (Å²) in [6.45, 7) is 9.27. The third kappa shape index (κ3) is 5.67. The van der Waals surface area contributed by atoms with E-state index in [-0.39, 0.29) is 5.41 Å². The normalized spacial score (nSPS) is 13.1. The lowest BCUT2D eigenvalue weighted by Gasteiger charge is -2.23. The summed E-state index contributed by atoms with van der Waals surface area (Å²) in [5, 5.41) is 0.795. The van der Waals surface area contributed by atoms with E-state index < -0.39 is 0 Å². The van der Waals surface area contributed by atoms with Crippen molar-refractivity contribution in [2.24, 2.45) is 5.73 Å². The molecule has 0 unspecified atom stereocenters. The Balaban J connectivity index is 0.00000141. The molecule has 4 rings (SSSR count). The quantitative estimate of drug-likeness (QED) is 0.439. The van der Waals surface area contributed by atoms with Gasteiger partial charge in [0, 0.05) is 16.7 Å². The van der Waals surface area contributed by atoms with E-state index >= 15 is 0 Å². The molecular formula is C27H33ClN2OS. The van der Waals surface area contributed by atoms with Crippen LogP contribution in [-0.4, -0.2) is 17.8 Å². The molecule has 3 aromatic rings. The lowest BCUT2D eigenvalue weighted by atomic mass is 9.85. The van der Waals surface area contributed by atoms with Gasteiger partial charge in [0.2, 0.25) is 0 Å². The number of nitrogens with two attached hydrogens (primary N) is 1. The highest BCUT2D eigenvalue weighted by atomic mass is 35.5. The Morgan fingerprint density at radius 1 is 1.09 bits per heavy atom. The van der Waals surface area contributed by atoms with Crippen molar-refractivity contribution in [2.45, 2.75) is 57.5 Å². The van der Waals surface area contributed by atoms with Gasteiger partial charge in [-0.05, 0) is 60.7 Å². The van der Waals surface area contributed by atoms with Crippen LogP contribution in [0.3, 0.4) is 0 Å². The number of benzene rings is 2. The van der Waals surface area contributed by atoms with Gasteiger partial charge < -0.3 is 10.5 Å². The third-order valence-electron chi connectivity index (χ3n) is 5.45. The summed E-state index contributed by atoms with van der Waals surface area (Å²) in [6, 6.07) is 16.7. The number of aryl methyl sites for hydroxylation is 2. The second-order valence-electron chi connectivity index (χ2n) is 8.90. The molecule has 0 fully saturated rings. The minimum absolute atomic E-state index is 0.00422. The number of thioether (sulfide) groups is 1. The molecule has 32 heavy (non-hydrogen) atoms. The van der Waals surface area contributed by atoms with Crippen molar-refractivity contribution >= 4 is 23.4 Å². The molecule has 2 heterocycles. The van der Waals surface area contributed by atoms with Crippen LogP contribution in [0.2, 0.25) is 5.02 Å². The van der Waals surface area contributed by atoms with Gasteiger partial charge in [0.05, 0.1) is 16.3 Å². The summed E-state index contributed by atoms with van der Waals surface area (Å²) in [7, 11) is 1.50. The van der Waals surface area contributed by atoms with Gasteiger partial charge in [0.25, 0.3) is 0 Å². The van der Waals surface area contributed by atoms with Crippen molar-refractivity contribution in [3.63, 3.8) is 0 Å². The van der Waals surface area contributed by atoms with Crippen molar-refractivity contribution in [1.82, 2.24) is 4.98 Å². The summed E-state index contributed by atoms with van der Waals surface area (Å²) in [5.41, 5.74) is 11.2. The molecule has 1 aliphatic rings. The maximum Gasteiger partial charge on any atom is 0.137 e. The molecule has 2 aromatic carbocycles. The van der Waals surface area contributed by atoms with E-state index in [9.17, 15) is 0 Å². The first-order chi connectivity index (χ1) is 15.3. The second-order valence-corrected chi connectivity index (χ2v) is 10.4. The predicted molar refractivity (Wildman–Crippen MR) is 138 cm³/mol. The molecule has 1 aliphatic heterocycles. The summed E-state index contributed by atoms with van der Waals surface area (Å²) in [5.74, 6) is 2.04. The van der Waals surface area contributed by atoms with Gasteiger partial charge in [0.15, 0.2) is 0 Å². The molecule has 0 bridgehead atoms. The third-order valence-corrected chi connectivity index (χ3v) is 6.98. The molecule has 0 saturated heterocycles. The number of hydrogen-bond donors (Lipinski definition) is 1. The van der Waals surface area contributed by atoms with E-state index in [2.05, 4.69) is 63.8 Å². The molecule has 170 valence electrons. The monoisotopic (exact) mass is 468 g/mol. The van der Waals surface area contributed by atoms with E-state index in [1.165, 1.54) is 28.6 Å². The van der Waals surface area contributed by atoms with E-state index in [4.69, 9.17) is 21.3 Å². The molecule has 5 heteroatoms. The Bertz CT molecular complexity index is 1060. The van der Waals surface area contributed by atoms with Crippen molar-refractivity contribution in [1.29, 1.82) is 0 Å². The highest BCUT2D eigenvalue weighted by Crippen LogP contribution is 2.41. The number of nitrogens with zero attached hydrogens (tertiary/aromatic N) is 1. The number of halogens is 1. The van der Waals surface area contributed by atoms with Crippen molar-refractivity contribution < 1.29 is 4.74 Å². The second kappa shape index (κ2) is 10.7. The number of ether oxygens (including phenoxy) is 1. The predicted octanol–water partition coefficient (Wildman–Crippen LogP) is 7.20. The Hall–Kier alpha value is -2.01. The number of hydrogen-bond acceptors (Lipinski definition) is 4. The van der Waals surface area contributed by atoms with Crippen LogP contribution in [0.5, 0.6) is 5.75 Å². The molecule has 1 aromatic heterocycles. The van der Waals surface area contributed by atoms with Crippen molar-refractivity contribution in [3.8, 4) is 17.0 Å². The molecule has 2 N–H and O–H groups in total. The minimum Gasteiger partial charge on any atom is -0.488 e. The van der Waals surface area contributed by atoms with Gasteiger partial charge in [-0.25, -0.2) is 0 Å². The first-order valence-corrected chi connectivity index (χ1v) is 12.4. The molecule has 0 amide bonds. The van der Waals surface area contributed by atoms with E-state index in [1.807, 2.05) is 30.0 Å². The molecular weight excluding hydrogens is 436 g/mol. The van der Waals surface area contributed by atoms with Crippen molar-refractivity contribution in [3.05, 3.63) is 75.9 Å². The van der Waals surface area contributed by atoms with Gasteiger partial charge in [-0.3, -0.25) is 4.98 Å². The number of pyridine rings is 1. The Morgan fingerprint density at radius 2 is 1.81 bits per heavy atom. The van der Waals surface area contributed by atoms with Crippen LogP contribution in [0.25, 0.3) is 11.3 Å².